The molecule has 3 aromatic carbocycles. The molecule has 2 amide bonds. The van der Waals surface area contributed by atoms with Crippen LogP contribution in [0.1, 0.15) is 43.1 Å². The summed E-state index contributed by atoms with van der Waals surface area (Å²) < 4.78 is 14.1. The number of benzene rings is 3. The van der Waals surface area contributed by atoms with E-state index in [1.807, 2.05) is 45.0 Å². The molecule has 0 aliphatic heterocycles. The number of primary amides is 1. The molecule has 0 aliphatic rings. The summed E-state index contributed by atoms with van der Waals surface area (Å²) in [6.45, 7) is 6.17. The Morgan fingerprint density at radius 2 is 1.64 bits per heavy atom. The van der Waals surface area contributed by atoms with E-state index in [9.17, 15) is 14.0 Å². The average Bonchev–Trinajstić information content (AvgIpc) is 3.13. The second-order valence-electron chi connectivity index (χ2n) is 8.32. The second-order valence-corrected chi connectivity index (χ2v) is 8.32. The molecule has 0 aliphatic carbocycles. The normalized spacial score (nSPS) is 11.0. The molecule has 168 valence electrons. The van der Waals surface area contributed by atoms with E-state index in [0.29, 0.717) is 29.6 Å². The van der Waals surface area contributed by atoms with Gasteiger partial charge in [-0.05, 0) is 79.3 Å². The van der Waals surface area contributed by atoms with E-state index in [0.717, 1.165) is 38.9 Å². The van der Waals surface area contributed by atoms with Crippen LogP contribution in [-0.4, -0.2) is 23.3 Å². The standard InChI is InChI=1S/C27H26FN3O2/c1-15-4-11-23(28)25-24(15)22(17(3)31-25)12-13-30-27(33)19-7-5-18(6-8-19)20-9-10-21(26(29)32)16(2)14-20/h4-11,14,31H,12-13H2,1-3H3,(H2,29,32)(H,30,33). The summed E-state index contributed by atoms with van der Waals surface area (Å²) in [6.07, 6.45) is 0.603. The van der Waals surface area contributed by atoms with Gasteiger partial charge in [-0.15, -0.1) is 0 Å². The molecule has 4 N–H and O–H groups in total. The highest BCUT2D eigenvalue weighted by Gasteiger charge is 2.14. The third-order valence-electron chi connectivity index (χ3n) is 6.06. The Balaban J connectivity index is 1.44. The van der Waals surface area contributed by atoms with Gasteiger partial charge in [0.25, 0.3) is 5.91 Å². The number of nitrogens with one attached hydrogen (secondary N) is 2. The number of rotatable bonds is 6. The molecule has 0 saturated heterocycles. The van der Waals surface area contributed by atoms with E-state index in [2.05, 4.69) is 10.3 Å². The predicted octanol–water partition coefficient (Wildman–Crippen LogP) is 4.97. The van der Waals surface area contributed by atoms with Crippen molar-refractivity contribution in [2.45, 2.75) is 27.2 Å². The fourth-order valence-corrected chi connectivity index (χ4v) is 4.29. The average molecular weight is 444 g/mol. The SMILES string of the molecule is Cc1cc(-c2ccc(C(=O)NCCc3c(C)[nH]c4c(F)ccc(C)c34)cc2)ccc1C(N)=O. The first kappa shape index (κ1) is 22.3. The van der Waals surface area contributed by atoms with Crippen LogP contribution in [0.3, 0.4) is 0 Å². The zero-order valence-corrected chi connectivity index (χ0v) is 18.9. The van der Waals surface area contributed by atoms with Gasteiger partial charge in [-0.1, -0.05) is 30.3 Å². The Kier molecular flexibility index (Phi) is 6.01. The van der Waals surface area contributed by atoms with Gasteiger partial charge in [0.2, 0.25) is 5.91 Å². The van der Waals surface area contributed by atoms with E-state index >= 15 is 0 Å². The van der Waals surface area contributed by atoms with E-state index in [1.54, 1.807) is 24.3 Å². The Morgan fingerprint density at radius 1 is 0.939 bits per heavy atom. The molecule has 0 radical (unpaired) electrons. The monoisotopic (exact) mass is 443 g/mol. The highest BCUT2D eigenvalue weighted by Crippen LogP contribution is 2.28. The highest BCUT2D eigenvalue weighted by atomic mass is 19.1. The first-order chi connectivity index (χ1) is 15.8. The number of aryl methyl sites for hydroxylation is 3. The molecule has 4 rings (SSSR count). The number of amides is 2. The summed E-state index contributed by atoms with van der Waals surface area (Å²) in [6, 6.07) is 16.0. The lowest BCUT2D eigenvalue weighted by Crippen LogP contribution is -2.25. The van der Waals surface area contributed by atoms with Gasteiger partial charge in [-0.3, -0.25) is 9.59 Å². The molecule has 0 atom stereocenters. The number of hydrogen-bond donors (Lipinski definition) is 3. The minimum Gasteiger partial charge on any atom is -0.366 e. The lowest BCUT2D eigenvalue weighted by atomic mass is 9.98. The molecular weight excluding hydrogens is 417 g/mol. The van der Waals surface area contributed by atoms with Crippen LogP contribution in [0.25, 0.3) is 22.0 Å². The van der Waals surface area contributed by atoms with Gasteiger partial charge in [-0.25, -0.2) is 4.39 Å². The zero-order chi connectivity index (χ0) is 23.7. The number of fused-ring (bicyclic) bond motifs is 1. The van der Waals surface area contributed by atoms with Crippen molar-refractivity contribution in [1.82, 2.24) is 10.3 Å². The van der Waals surface area contributed by atoms with Crippen molar-refractivity contribution in [3.8, 4) is 11.1 Å². The molecule has 6 heteroatoms. The summed E-state index contributed by atoms with van der Waals surface area (Å²) in [7, 11) is 0. The number of aromatic nitrogens is 1. The van der Waals surface area contributed by atoms with Crippen LogP contribution in [0, 0.1) is 26.6 Å². The maximum Gasteiger partial charge on any atom is 0.251 e. The minimum atomic E-state index is -0.450. The molecule has 0 saturated carbocycles. The molecular formula is C27H26FN3O2. The number of hydrogen-bond acceptors (Lipinski definition) is 2. The second kappa shape index (κ2) is 8.90. The Bertz CT molecular complexity index is 1370. The van der Waals surface area contributed by atoms with Gasteiger partial charge in [0.15, 0.2) is 0 Å². The highest BCUT2D eigenvalue weighted by molar-refractivity contribution is 5.96. The van der Waals surface area contributed by atoms with Crippen LogP contribution >= 0.6 is 0 Å². The van der Waals surface area contributed by atoms with Crippen LogP contribution in [0.15, 0.2) is 54.6 Å². The summed E-state index contributed by atoms with van der Waals surface area (Å²) in [4.78, 5) is 27.2. The quantitative estimate of drug-likeness (QED) is 0.393. The molecule has 0 unspecified atom stereocenters. The molecule has 1 heterocycles. The van der Waals surface area contributed by atoms with Crippen LogP contribution in [0.2, 0.25) is 0 Å². The topological polar surface area (TPSA) is 88.0 Å². The van der Waals surface area contributed by atoms with Crippen LogP contribution < -0.4 is 11.1 Å². The fourth-order valence-electron chi connectivity index (χ4n) is 4.29. The first-order valence-electron chi connectivity index (χ1n) is 10.8. The van der Waals surface area contributed by atoms with E-state index in [-0.39, 0.29) is 11.7 Å². The van der Waals surface area contributed by atoms with Crippen molar-refractivity contribution in [1.29, 1.82) is 0 Å². The summed E-state index contributed by atoms with van der Waals surface area (Å²) >= 11 is 0. The van der Waals surface area contributed by atoms with E-state index in [4.69, 9.17) is 5.73 Å². The lowest BCUT2D eigenvalue weighted by molar-refractivity contribution is 0.0952. The summed E-state index contributed by atoms with van der Waals surface area (Å²) in [5.74, 6) is -0.884. The number of aromatic amines is 1. The van der Waals surface area contributed by atoms with Gasteiger partial charge in [0.1, 0.15) is 5.82 Å². The number of nitrogens with two attached hydrogens (primary N) is 1. The third kappa shape index (κ3) is 4.37. The van der Waals surface area contributed by atoms with Crippen molar-refractivity contribution in [3.05, 3.63) is 93.9 Å². The number of H-pyrrole nitrogens is 1. The Morgan fingerprint density at radius 3 is 2.30 bits per heavy atom. The molecule has 1 aromatic heterocycles. The largest absolute Gasteiger partial charge is 0.366 e. The summed E-state index contributed by atoms with van der Waals surface area (Å²) in [5, 5.41) is 3.85. The molecule has 4 aromatic rings. The van der Waals surface area contributed by atoms with Crippen LogP contribution in [-0.2, 0) is 6.42 Å². The predicted molar refractivity (Wildman–Crippen MR) is 129 cm³/mol. The number of carbonyl (C=O) groups is 2. The van der Waals surface area contributed by atoms with Crippen molar-refractivity contribution in [2.24, 2.45) is 5.73 Å². The molecule has 0 bridgehead atoms. The zero-order valence-electron chi connectivity index (χ0n) is 18.9. The number of halogens is 1. The van der Waals surface area contributed by atoms with E-state index < -0.39 is 5.91 Å². The van der Waals surface area contributed by atoms with E-state index in [1.165, 1.54) is 6.07 Å². The molecule has 5 nitrogen and oxygen atoms in total. The first-order valence-corrected chi connectivity index (χ1v) is 10.8. The van der Waals surface area contributed by atoms with Crippen molar-refractivity contribution in [2.75, 3.05) is 6.54 Å². The fraction of sp³-hybridized carbons (Fsp3) is 0.185. The number of carbonyl (C=O) groups excluding carboxylic acids is 2. The molecule has 0 fully saturated rings. The molecule has 33 heavy (non-hydrogen) atoms. The van der Waals surface area contributed by atoms with Crippen LogP contribution in [0.5, 0.6) is 0 Å². The minimum absolute atomic E-state index is 0.165. The maximum absolute atomic E-state index is 14.1. The third-order valence-corrected chi connectivity index (χ3v) is 6.06. The Labute approximate surface area is 191 Å². The van der Waals surface area contributed by atoms with Gasteiger partial charge < -0.3 is 16.0 Å². The van der Waals surface area contributed by atoms with Crippen LogP contribution in [0.4, 0.5) is 4.39 Å². The van der Waals surface area contributed by atoms with Crippen molar-refractivity contribution >= 4 is 22.7 Å². The van der Waals surface area contributed by atoms with Crippen molar-refractivity contribution < 1.29 is 14.0 Å². The van der Waals surface area contributed by atoms with Gasteiger partial charge >= 0.3 is 0 Å². The van der Waals surface area contributed by atoms with Gasteiger partial charge in [0, 0.05) is 28.8 Å². The maximum atomic E-state index is 14.1. The van der Waals surface area contributed by atoms with Gasteiger partial charge in [0.05, 0.1) is 5.52 Å². The Hall–Kier alpha value is -3.93. The van der Waals surface area contributed by atoms with Gasteiger partial charge in [-0.2, -0.15) is 0 Å². The summed E-state index contributed by atoms with van der Waals surface area (Å²) in [5.41, 5.74) is 12.6. The lowest BCUT2D eigenvalue weighted by Gasteiger charge is -2.09. The smallest absolute Gasteiger partial charge is 0.251 e. The molecule has 0 spiro atoms. The van der Waals surface area contributed by atoms with Crippen molar-refractivity contribution in [3.63, 3.8) is 0 Å².